The van der Waals surface area contributed by atoms with Crippen molar-refractivity contribution in [2.45, 2.75) is 6.54 Å². The first-order chi connectivity index (χ1) is 13.1. The van der Waals surface area contributed by atoms with Gasteiger partial charge in [-0.05, 0) is 29.8 Å². The van der Waals surface area contributed by atoms with Crippen molar-refractivity contribution in [3.05, 3.63) is 101 Å². The number of rotatable bonds is 6. The lowest BCUT2D eigenvalue weighted by Gasteiger charge is -2.11. The molecule has 2 aromatic carbocycles. The number of amides is 2. The second kappa shape index (κ2) is 8.87. The summed E-state index contributed by atoms with van der Waals surface area (Å²) in [5, 5.41) is 5.70. The molecule has 0 saturated carbocycles. The Hall–Kier alpha value is -3.31. The first-order valence-electron chi connectivity index (χ1n) is 8.26. The summed E-state index contributed by atoms with van der Waals surface area (Å²) in [6, 6.07) is 19.5. The van der Waals surface area contributed by atoms with Crippen LogP contribution in [0.3, 0.4) is 0 Å². The molecule has 0 spiro atoms. The van der Waals surface area contributed by atoms with E-state index in [4.69, 9.17) is 16.0 Å². The zero-order valence-electron chi connectivity index (χ0n) is 14.3. The third-order valence-corrected chi connectivity index (χ3v) is 4.07. The lowest BCUT2D eigenvalue weighted by Crippen LogP contribution is -2.34. The van der Waals surface area contributed by atoms with Crippen LogP contribution in [-0.2, 0) is 11.3 Å². The van der Waals surface area contributed by atoms with Crippen LogP contribution in [0.1, 0.15) is 21.7 Å². The van der Waals surface area contributed by atoms with Crippen molar-refractivity contribution in [3.63, 3.8) is 0 Å². The van der Waals surface area contributed by atoms with Gasteiger partial charge in [0.05, 0.1) is 16.8 Å². The number of furan rings is 1. The van der Waals surface area contributed by atoms with E-state index in [1.165, 1.54) is 12.3 Å². The molecule has 6 heteroatoms. The summed E-state index contributed by atoms with van der Waals surface area (Å²) in [4.78, 5) is 25.2. The Morgan fingerprint density at radius 2 is 1.70 bits per heavy atom. The van der Waals surface area contributed by atoms with Crippen LogP contribution in [0.4, 0.5) is 0 Å². The van der Waals surface area contributed by atoms with Gasteiger partial charge in [0.2, 0.25) is 0 Å². The highest BCUT2D eigenvalue weighted by Crippen LogP contribution is 2.15. The Kier molecular flexibility index (Phi) is 6.07. The minimum atomic E-state index is -0.478. The molecule has 3 aromatic rings. The smallest absolute Gasteiger partial charge is 0.268 e. The van der Waals surface area contributed by atoms with E-state index < -0.39 is 11.8 Å². The number of carbonyl (C=O) groups is 2. The lowest BCUT2D eigenvalue weighted by atomic mass is 10.2. The molecule has 0 aliphatic heterocycles. The maximum absolute atomic E-state index is 12.6. The van der Waals surface area contributed by atoms with Crippen LogP contribution in [-0.4, -0.2) is 11.8 Å². The van der Waals surface area contributed by atoms with Crippen molar-refractivity contribution in [1.82, 2.24) is 10.6 Å². The van der Waals surface area contributed by atoms with Gasteiger partial charge in [0, 0.05) is 12.6 Å². The Balaban J connectivity index is 1.78. The van der Waals surface area contributed by atoms with Gasteiger partial charge >= 0.3 is 0 Å². The number of benzene rings is 2. The van der Waals surface area contributed by atoms with Gasteiger partial charge in [-0.1, -0.05) is 54.1 Å². The molecule has 0 aliphatic rings. The molecule has 136 valence electrons. The lowest BCUT2D eigenvalue weighted by molar-refractivity contribution is -0.117. The SMILES string of the molecule is O=C(NCc1ccccc1)/C(=C/c1ccco1)NC(=O)c1ccccc1Cl. The molecule has 0 unspecified atom stereocenters. The Bertz CT molecular complexity index is 951. The Labute approximate surface area is 161 Å². The average Bonchev–Trinajstić information content (AvgIpc) is 3.20. The summed E-state index contributed by atoms with van der Waals surface area (Å²) < 4.78 is 5.25. The third-order valence-electron chi connectivity index (χ3n) is 3.74. The van der Waals surface area contributed by atoms with Crippen molar-refractivity contribution in [2.24, 2.45) is 0 Å². The van der Waals surface area contributed by atoms with Gasteiger partial charge < -0.3 is 15.1 Å². The number of nitrogens with one attached hydrogen (secondary N) is 2. The first kappa shape index (κ1) is 18.5. The largest absolute Gasteiger partial charge is 0.465 e. The van der Waals surface area contributed by atoms with E-state index in [1.54, 1.807) is 36.4 Å². The molecule has 2 N–H and O–H groups in total. The van der Waals surface area contributed by atoms with Crippen LogP contribution in [0.2, 0.25) is 5.02 Å². The topological polar surface area (TPSA) is 71.3 Å². The summed E-state index contributed by atoms with van der Waals surface area (Å²) >= 11 is 6.07. The van der Waals surface area contributed by atoms with Crippen molar-refractivity contribution < 1.29 is 14.0 Å². The zero-order valence-corrected chi connectivity index (χ0v) is 15.1. The molecular weight excluding hydrogens is 364 g/mol. The summed E-state index contributed by atoms with van der Waals surface area (Å²) in [6.07, 6.45) is 2.95. The normalized spacial score (nSPS) is 11.1. The van der Waals surface area contributed by atoms with E-state index in [0.29, 0.717) is 17.3 Å². The first-order valence-corrected chi connectivity index (χ1v) is 8.64. The van der Waals surface area contributed by atoms with E-state index in [1.807, 2.05) is 30.3 Å². The van der Waals surface area contributed by atoms with E-state index in [2.05, 4.69) is 10.6 Å². The standard InChI is InChI=1S/C21H17ClN2O3/c22-18-11-5-4-10-17(18)20(25)24-19(13-16-9-6-12-27-16)21(26)23-14-15-7-2-1-3-8-15/h1-13H,14H2,(H,23,26)(H,24,25)/b19-13-. The highest BCUT2D eigenvalue weighted by Gasteiger charge is 2.16. The Morgan fingerprint density at radius 1 is 0.963 bits per heavy atom. The highest BCUT2D eigenvalue weighted by molar-refractivity contribution is 6.34. The average molecular weight is 381 g/mol. The quantitative estimate of drug-likeness (QED) is 0.634. The summed E-state index contributed by atoms with van der Waals surface area (Å²) in [6.45, 7) is 0.330. The summed E-state index contributed by atoms with van der Waals surface area (Å²) in [7, 11) is 0. The molecule has 2 amide bonds. The minimum Gasteiger partial charge on any atom is -0.465 e. The van der Waals surface area contributed by atoms with Crippen LogP contribution >= 0.6 is 11.6 Å². The molecule has 0 aliphatic carbocycles. The fourth-order valence-electron chi connectivity index (χ4n) is 2.38. The molecule has 0 atom stereocenters. The fraction of sp³-hybridized carbons (Fsp3) is 0.0476. The number of hydrogen-bond donors (Lipinski definition) is 2. The highest BCUT2D eigenvalue weighted by atomic mass is 35.5. The molecule has 0 fully saturated rings. The molecular formula is C21H17ClN2O3. The van der Waals surface area contributed by atoms with E-state index in [9.17, 15) is 9.59 Å². The molecule has 0 radical (unpaired) electrons. The van der Waals surface area contributed by atoms with Crippen LogP contribution in [0.5, 0.6) is 0 Å². The van der Waals surface area contributed by atoms with Crippen LogP contribution < -0.4 is 10.6 Å². The monoisotopic (exact) mass is 380 g/mol. The van der Waals surface area contributed by atoms with E-state index in [0.717, 1.165) is 5.56 Å². The molecule has 5 nitrogen and oxygen atoms in total. The molecule has 3 rings (SSSR count). The third kappa shape index (κ3) is 5.09. The van der Waals surface area contributed by atoms with Crippen LogP contribution in [0.15, 0.2) is 83.1 Å². The van der Waals surface area contributed by atoms with Gasteiger partial charge in [-0.25, -0.2) is 0 Å². The number of hydrogen-bond acceptors (Lipinski definition) is 3. The van der Waals surface area contributed by atoms with Gasteiger partial charge in [-0.3, -0.25) is 9.59 Å². The maximum atomic E-state index is 12.6. The van der Waals surface area contributed by atoms with Crippen molar-refractivity contribution in [2.75, 3.05) is 0 Å². The number of carbonyl (C=O) groups excluding carboxylic acids is 2. The van der Waals surface area contributed by atoms with E-state index >= 15 is 0 Å². The van der Waals surface area contributed by atoms with Gasteiger partial charge in [-0.2, -0.15) is 0 Å². The van der Waals surface area contributed by atoms with Crippen LogP contribution in [0, 0.1) is 0 Å². The second-order valence-electron chi connectivity index (χ2n) is 5.68. The van der Waals surface area contributed by atoms with Gasteiger partial charge in [0.1, 0.15) is 11.5 Å². The van der Waals surface area contributed by atoms with E-state index in [-0.39, 0.29) is 11.3 Å². The summed E-state index contributed by atoms with van der Waals surface area (Å²) in [5.41, 5.74) is 1.28. The van der Waals surface area contributed by atoms with Crippen LogP contribution in [0.25, 0.3) is 6.08 Å². The predicted octanol–water partition coefficient (Wildman–Crippen LogP) is 4.02. The maximum Gasteiger partial charge on any atom is 0.268 e. The predicted molar refractivity (Wildman–Crippen MR) is 104 cm³/mol. The molecule has 27 heavy (non-hydrogen) atoms. The Morgan fingerprint density at radius 3 is 2.41 bits per heavy atom. The van der Waals surface area contributed by atoms with Crippen molar-refractivity contribution in [3.8, 4) is 0 Å². The zero-order chi connectivity index (χ0) is 19.1. The molecule has 0 saturated heterocycles. The number of halogens is 1. The fourth-order valence-corrected chi connectivity index (χ4v) is 2.60. The minimum absolute atomic E-state index is 0.0609. The second-order valence-corrected chi connectivity index (χ2v) is 6.08. The van der Waals surface area contributed by atoms with Crippen molar-refractivity contribution >= 4 is 29.5 Å². The van der Waals surface area contributed by atoms with Gasteiger partial charge in [0.15, 0.2) is 0 Å². The van der Waals surface area contributed by atoms with Gasteiger partial charge in [0.25, 0.3) is 11.8 Å². The van der Waals surface area contributed by atoms with Gasteiger partial charge in [-0.15, -0.1) is 0 Å². The molecule has 0 bridgehead atoms. The molecule has 1 aromatic heterocycles. The summed E-state index contributed by atoms with van der Waals surface area (Å²) in [5.74, 6) is -0.469. The molecule has 1 heterocycles. The van der Waals surface area contributed by atoms with Crippen molar-refractivity contribution in [1.29, 1.82) is 0 Å².